The van der Waals surface area contributed by atoms with Crippen LogP contribution in [0.3, 0.4) is 0 Å². The maximum atomic E-state index is 12.4. The van der Waals surface area contributed by atoms with Crippen LogP contribution in [0.1, 0.15) is 23.1 Å². The molecule has 0 bridgehead atoms. The summed E-state index contributed by atoms with van der Waals surface area (Å²) in [5, 5.41) is 0. The number of benzene rings is 2. The number of nitrogens with one attached hydrogen (secondary N) is 1. The molecule has 0 atom stereocenters. The molecule has 1 N–H and O–H groups in total. The first-order valence-electron chi connectivity index (χ1n) is 6.76. The van der Waals surface area contributed by atoms with Crippen LogP contribution in [-0.4, -0.2) is 8.42 Å². The quantitative estimate of drug-likeness (QED) is 0.941. The van der Waals surface area contributed by atoms with Crippen LogP contribution in [0, 0.1) is 6.92 Å². The van der Waals surface area contributed by atoms with Crippen LogP contribution in [0.4, 0.5) is 5.69 Å². The Morgan fingerprint density at radius 1 is 1.00 bits per heavy atom. The van der Waals surface area contributed by atoms with Gasteiger partial charge in [-0.2, -0.15) is 0 Å². The molecule has 0 amide bonds. The summed E-state index contributed by atoms with van der Waals surface area (Å²) in [6.07, 6.45) is 3.15. The Hall–Kier alpha value is -1.81. The van der Waals surface area contributed by atoms with Gasteiger partial charge in [0.25, 0.3) is 10.0 Å². The number of hydrogen-bond donors (Lipinski definition) is 1. The fraction of sp³-hybridized carbons (Fsp3) is 0.250. The minimum atomic E-state index is -3.51. The fourth-order valence-electron chi connectivity index (χ4n) is 2.61. The Bertz CT molecular complexity index is 751. The lowest BCUT2D eigenvalue weighted by molar-refractivity contribution is 0.601. The Morgan fingerprint density at radius 3 is 2.55 bits per heavy atom. The van der Waals surface area contributed by atoms with E-state index in [1.165, 1.54) is 5.56 Å². The number of anilines is 1. The summed E-state index contributed by atoms with van der Waals surface area (Å²) in [6.45, 7) is 1.89. The molecule has 0 aliphatic heterocycles. The third-order valence-electron chi connectivity index (χ3n) is 3.77. The molecule has 1 aliphatic carbocycles. The fourth-order valence-corrected chi connectivity index (χ4v) is 3.79. The van der Waals surface area contributed by atoms with Gasteiger partial charge in [-0.3, -0.25) is 4.72 Å². The van der Waals surface area contributed by atoms with Crippen molar-refractivity contribution in [3.63, 3.8) is 0 Å². The van der Waals surface area contributed by atoms with Crippen molar-refractivity contribution in [1.29, 1.82) is 0 Å². The van der Waals surface area contributed by atoms with Crippen LogP contribution in [0.5, 0.6) is 0 Å². The molecule has 3 rings (SSSR count). The second kappa shape index (κ2) is 4.94. The van der Waals surface area contributed by atoms with Gasteiger partial charge in [0.05, 0.1) is 10.6 Å². The molecule has 0 fully saturated rings. The summed E-state index contributed by atoms with van der Waals surface area (Å²) in [7, 11) is -3.51. The zero-order valence-corrected chi connectivity index (χ0v) is 12.2. The molecule has 4 heteroatoms. The van der Waals surface area contributed by atoms with E-state index < -0.39 is 10.0 Å². The van der Waals surface area contributed by atoms with Crippen LogP contribution in [0.2, 0.25) is 0 Å². The Balaban J connectivity index is 1.94. The van der Waals surface area contributed by atoms with Crippen LogP contribution in [-0.2, 0) is 22.9 Å². The van der Waals surface area contributed by atoms with Gasteiger partial charge in [-0.05, 0) is 61.1 Å². The molecule has 0 radical (unpaired) electrons. The summed E-state index contributed by atoms with van der Waals surface area (Å²) < 4.78 is 27.6. The standard InChI is InChI=1S/C16H17NO2S/c1-12-5-2-3-8-16(12)17-20(18,19)15-10-9-13-6-4-7-14(13)11-15/h2-3,5,8-11,17H,4,6-7H2,1H3. The number of sulfonamides is 1. The zero-order chi connectivity index (χ0) is 14.2. The molecule has 104 valence electrons. The van der Waals surface area contributed by atoms with E-state index in [-0.39, 0.29) is 0 Å². The smallest absolute Gasteiger partial charge is 0.261 e. The largest absolute Gasteiger partial charge is 0.279 e. The van der Waals surface area contributed by atoms with Crippen molar-refractivity contribution in [1.82, 2.24) is 0 Å². The van der Waals surface area contributed by atoms with Gasteiger partial charge in [-0.1, -0.05) is 24.3 Å². The van der Waals surface area contributed by atoms with Crippen LogP contribution < -0.4 is 4.72 Å². The van der Waals surface area contributed by atoms with E-state index in [9.17, 15) is 8.42 Å². The van der Waals surface area contributed by atoms with Crippen molar-refractivity contribution in [2.24, 2.45) is 0 Å². The van der Waals surface area contributed by atoms with Crippen molar-refractivity contribution >= 4 is 15.7 Å². The minimum Gasteiger partial charge on any atom is -0.279 e. The second-order valence-electron chi connectivity index (χ2n) is 5.20. The Labute approximate surface area is 119 Å². The first-order chi connectivity index (χ1) is 9.56. The van der Waals surface area contributed by atoms with Crippen LogP contribution >= 0.6 is 0 Å². The molecular weight excluding hydrogens is 270 g/mol. The average Bonchev–Trinajstić information content (AvgIpc) is 2.88. The van der Waals surface area contributed by atoms with Crippen LogP contribution in [0.25, 0.3) is 0 Å². The van der Waals surface area contributed by atoms with E-state index in [1.807, 2.05) is 37.3 Å². The summed E-state index contributed by atoms with van der Waals surface area (Å²) in [4.78, 5) is 0.349. The number of para-hydroxylation sites is 1. The van der Waals surface area contributed by atoms with Gasteiger partial charge in [0.1, 0.15) is 0 Å². The molecule has 0 aromatic heterocycles. The highest BCUT2D eigenvalue weighted by molar-refractivity contribution is 7.92. The highest BCUT2D eigenvalue weighted by Gasteiger charge is 2.18. The molecule has 20 heavy (non-hydrogen) atoms. The monoisotopic (exact) mass is 287 g/mol. The normalized spacial score (nSPS) is 14.1. The molecule has 0 saturated carbocycles. The maximum absolute atomic E-state index is 12.4. The Morgan fingerprint density at radius 2 is 1.75 bits per heavy atom. The molecule has 0 spiro atoms. The predicted molar refractivity (Wildman–Crippen MR) is 80.5 cm³/mol. The lowest BCUT2D eigenvalue weighted by Gasteiger charge is -2.11. The lowest BCUT2D eigenvalue weighted by Crippen LogP contribution is -2.14. The highest BCUT2D eigenvalue weighted by Crippen LogP contribution is 2.26. The first-order valence-corrected chi connectivity index (χ1v) is 8.25. The predicted octanol–water partition coefficient (Wildman–Crippen LogP) is 3.28. The number of aryl methyl sites for hydroxylation is 3. The summed E-state index contributed by atoms with van der Waals surface area (Å²) in [5.41, 5.74) is 3.99. The van der Waals surface area contributed by atoms with Crippen molar-refractivity contribution in [3.8, 4) is 0 Å². The Kier molecular flexibility index (Phi) is 3.26. The van der Waals surface area contributed by atoms with E-state index in [0.29, 0.717) is 10.6 Å². The van der Waals surface area contributed by atoms with Gasteiger partial charge < -0.3 is 0 Å². The third kappa shape index (κ3) is 2.43. The zero-order valence-electron chi connectivity index (χ0n) is 11.4. The van der Waals surface area contributed by atoms with Gasteiger partial charge in [0.2, 0.25) is 0 Å². The highest BCUT2D eigenvalue weighted by atomic mass is 32.2. The summed E-state index contributed by atoms with van der Waals surface area (Å²) in [5.74, 6) is 0. The van der Waals surface area contributed by atoms with E-state index in [4.69, 9.17) is 0 Å². The molecule has 2 aromatic carbocycles. The van der Waals surface area contributed by atoms with E-state index in [0.717, 1.165) is 30.4 Å². The number of rotatable bonds is 3. The molecule has 1 aliphatic rings. The number of fused-ring (bicyclic) bond motifs is 1. The molecule has 2 aromatic rings. The molecule has 0 saturated heterocycles. The van der Waals surface area contributed by atoms with Crippen molar-refractivity contribution < 1.29 is 8.42 Å². The van der Waals surface area contributed by atoms with Crippen molar-refractivity contribution in [2.75, 3.05) is 4.72 Å². The first kappa shape index (κ1) is 13.2. The third-order valence-corrected chi connectivity index (χ3v) is 5.13. The molecule has 3 nitrogen and oxygen atoms in total. The molecule has 0 heterocycles. The minimum absolute atomic E-state index is 0.349. The molecule has 0 unspecified atom stereocenters. The van der Waals surface area contributed by atoms with Gasteiger partial charge in [-0.25, -0.2) is 8.42 Å². The summed E-state index contributed by atoms with van der Waals surface area (Å²) in [6, 6.07) is 12.8. The van der Waals surface area contributed by atoms with Crippen LogP contribution in [0.15, 0.2) is 47.4 Å². The maximum Gasteiger partial charge on any atom is 0.261 e. The van der Waals surface area contributed by atoms with E-state index >= 15 is 0 Å². The van der Waals surface area contributed by atoms with Crippen molar-refractivity contribution in [3.05, 3.63) is 59.2 Å². The van der Waals surface area contributed by atoms with Gasteiger partial charge in [0.15, 0.2) is 0 Å². The summed E-state index contributed by atoms with van der Waals surface area (Å²) >= 11 is 0. The SMILES string of the molecule is Cc1ccccc1NS(=O)(=O)c1ccc2c(c1)CCC2. The van der Waals surface area contributed by atoms with E-state index in [2.05, 4.69) is 4.72 Å². The second-order valence-corrected chi connectivity index (χ2v) is 6.89. The van der Waals surface area contributed by atoms with Gasteiger partial charge in [0, 0.05) is 0 Å². The van der Waals surface area contributed by atoms with E-state index in [1.54, 1.807) is 12.1 Å². The molecular formula is C16H17NO2S. The van der Waals surface area contributed by atoms with Gasteiger partial charge in [-0.15, -0.1) is 0 Å². The van der Waals surface area contributed by atoms with Gasteiger partial charge >= 0.3 is 0 Å². The van der Waals surface area contributed by atoms with Crippen molar-refractivity contribution in [2.45, 2.75) is 31.1 Å². The number of hydrogen-bond acceptors (Lipinski definition) is 2. The topological polar surface area (TPSA) is 46.2 Å². The lowest BCUT2D eigenvalue weighted by atomic mass is 10.1. The average molecular weight is 287 g/mol.